The minimum absolute atomic E-state index is 0.627. The van der Waals surface area contributed by atoms with Crippen LogP contribution in [0.2, 0.25) is 10.0 Å². The van der Waals surface area contributed by atoms with E-state index in [0.29, 0.717) is 16.0 Å². The fourth-order valence-corrected chi connectivity index (χ4v) is 2.79. The summed E-state index contributed by atoms with van der Waals surface area (Å²) in [6, 6.07) is 5.34. The molecule has 0 radical (unpaired) electrons. The maximum absolute atomic E-state index is 5.91. The van der Waals surface area contributed by atoms with E-state index in [9.17, 15) is 0 Å². The Morgan fingerprint density at radius 2 is 1.88 bits per heavy atom. The Kier molecular flexibility index (Phi) is 3.99. The van der Waals surface area contributed by atoms with Crippen LogP contribution in [0.25, 0.3) is 0 Å². The molecule has 16 heavy (non-hydrogen) atoms. The van der Waals surface area contributed by atoms with Crippen molar-refractivity contribution >= 4 is 23.2 Å². The van der Waals surface area contributed by atoms with Gasteiger partial charge in [-0.25, -0.2) is 0 Å². The van der Waals surface area contributed by atoms with Gasteiger partial charge in [0.1, 0.15) is 5.75 Å². The van der Waals surface area contributed by atoms with Crippen LogP contribution >= 0.6 is 23.2 Å². The Labute approximate surface area is 107 Å². The van der Waals surface area contributed by atoms with Gasteiger partial charge in [-0.05, 0) is 36.5 Å². The van der Waals surface area contributed by atoms with Crippen molar-refractivity contribution in [2.75, 3.05) is 6.61 Å². The SMILES string of the molecule is CC1CCCC1COc1cc(Cl)cc(Cl)c1. The van der Waals surface area contributed by atoms with Crippen molar-refractivity contribution in [3.63, 3.8) is 0 Å². The number of halogens is 2. The van der Waals surface area contributed by atoms with Crippen LogP contribution in [0, 0.1) is 11.8 Å². The minimum atomic E-state index is 0.627. The summed E-state index contributed by atoms with van der Waals surface area (Å²) in [5.41, 5.74) is 0. The van der Waals surface area contributed by atoms with Crippen molar-refractivity contribution in [2.45, 2.75) is 26.2 Å². The average molecular weight is 259 g/mol. The van der Waals surface area contributed by atoms with E-state index in [4.69, 9.17) is 27.9 Å². The van der Waals surface area contributed by atoms with Gasteiger partial charge >= 0.3 is 0 Å². The highest BCUT2D eigenvalue weighted by molar-refractivity contribution is 6.34. The first-order chi connectivity index (χ1) is 7.65. The van der Waals surface area contributed by atoms with Crippen LogP contribution in [0.15, 0.2) is 18.2 Å². The molecular weight excluding hydrogens is 243 g/mol. The van der Waals surface area contributed by atoms with Gasteiger partial charge in [0.2, 0.25) is 0 Å². The van der Waals surface area contributed by atoms with Crippen molar-refractivity contribution in [3.8, 4) is 5.75 Å². The molecule has 1 saturated carbocycles. The lowest BCUT2D eigenvalue weighted by Gasteiger charge is -2.16. The smallest absolute Gasteiger partial charge is 0.122 e. The van der Waals surface area contributed by atoms with Crippen LogP contribution in [0.4, 0.5) is 0 Å². The summed E-state index contributed by atoms with van der Waals surface area (Å²) in [7, 11) is 0. The molecule has 1 aromatic rings. The van der Waals surface area contributed by atoms with E-state index in [1.54, 1.807) is 6.07 Å². The fourth-order valence-electron chi connectivity index (χ4n) is 2.28. The third kappa shape index (κ3) is 3.05. The van der Waals surface area contributed by atoms with E-state index in [0.717, 1.165) is 18.3 Å². The summed E-state index contributed by atoms with van der Waals surface area (Å²) in [6.45, 7) is 3.07. The molecule has 2 unspecified atom stereocenters. The quantitative estimate of drug-likeness (QED) is 0.757. The largest absolute Gasteiger partial charge is 0.493 e. The molecule has 88 valence electrons. The molecular formula is C13H16Cl2O. The lowest BCUT2D eigenvalue weighted by Crippen LogP contribution is -2.14. The molecule has 2 atom stereocenters. The van der Waals surface area contributed by atoms with Crippen molar-refractivity contribution in [1.82, 2.24) is 0 Å². The van der Waals surface area contributed by atoms with Gasteiger partial charge in [-0.15, -0.1) is 0 Å². The Morgan fingerprint density at radius 1 is 1.19 bits per heavy atom. The standard InChI is InChI=1S/C13H16Cl2O/c1-9-3-2-4-10(9)8-16-13-6-11(14)5-12(15)7-13/h5-7,9-10H,2-4,8H2,1H3. The maximum atomic E-state index is 5.91. The molecule has 0 bridgehead atoms. The van der Waals surface area contributed by atoms with E-state index in [-0.39, 0.29) is 0 Å². The first-order valence-electron chi connectivity index (χ1n) is 5.74. The summed E-state index contributed by atoms with van der Waals surface area (Å²) >= 11 is 11.8. The molecule has 1 fully saturated rings. The van der Waals surface area contributed by atoms with Crippen LogP contribution in [-0.4, -0.2) is 6.61 Å². The van der Waals surface area contributed by atoms with Crippen LogP contribution in [0.5, 0.6) is 5.75 Å². The molecule has 0 spiro atoms. The Bertz CT molecular complexity index is 345. The molecule has 2 rings (SSSR count). The number of hydrogen-bond donors (Lipinski definition) is 0. The molecule has 0 aromatic heterocycles. The summed E-state index contributed by atoms with van der Waals surface area (Å²) in [5, 5.41) is 1.25. The average Bonchev–Trinajstić information content (AvgIpc) is 2.59. The molecule has 0 N–H and O–H groups in total. The minimum Gasteiger partial charge on any atom is -0.493 e. The van der Waals surface area contributed by atoms with E-state index in [1.807, 2.05) is 12.1 Å². The Balaban J connectivity index is 1.94. The second-order valence-electron chi connectivity index (χ2n) is 4.58. The van der Waals surface area contributed by atoms with Crippen LogP contribution in [0.3, 0.4) is 0 Å². The van der Waals surface area contributed by atoms with Crippen molar-refractivity contribution in [3.05, 3.63) is 28.2 Å². The molecule has 1 aliphatic rings. The molecule has 0 saturated heterocycles. The second-order valence-corrected chi connectivity index (χ2v) is 5.46. The lowest BCUT2D eigenvalue weighted by atomic mass is 9.99. The molecule has 0 aliphatic heterocycles. The number of benzene rings is 1. The summed E-state index contributed by atoms with van der Waals surface area (Å²) in [6.07, 6.45) is 3.92. The van der Waals surface area contributed by atoms with Gasteiger partial charge in [0, 0.05) is 10.0 Å². The van der Waals surface area contributed by atoms with Crippen LogP contribution in [-0.2, 0) is 0 Å². The Hall–Kier alpha value is -0.400. The maximum Gasteiger partial charge on any atom is 0.122 e. The summed E-state index contributed by atoms with van der Waals surface area (Å²) < 4.78 is 5.75. The lowest BCUT2D eigenvalue weighted by molar-refractivity contribution is 0.222. The Morgan fingerprint density at radius 3 is 2.44 bits per heavy atom. The van der Waals surface area contributed by atoms with Gasteiger partial charge in [0.15, 0.2) is 0 Å². The number of ether oxygens (including phenoxy) is 1. The van der Waals surface area contributed by atoms with E-state index < -0.39 is 0 Å². The predicted octanol–water partition coefficient (Wildman–Crippen LogP) is 4.81. The first kappa shape index (κ1) is 12.1. The highest BCUT2D eigenvalue weighted by Gasteiger charge is 2.23. The van der Waals surface area contributed by atoms with Gasteiger partial charge in [-0.2, -0.15) is 0 Å². The van der Waals surface area contributed by atoms with E-state index >= 15 is 0 Å². The normalized spacial score (nSPS) is 24.7. The number of rotatable bonds is 3. The molecule has 0 heterocycles. The summed E-state index contributed by atoms with van der Waals surface area (Å²) in [4.78, 5) is 0. The van der Waals surface area contributed by atoms with Gasteiger partial charge in [0.25, 0.3) is 0 Å². The van der Waals surface area contributed by atoms with Gasteiger partial charge in [0.05, 0.1) is 6.61 Å². The zero-order valence-corrected chi connectivity index (χ0v) is 10.9. The highest BCUT2D eigenvalue weighted by Crippen LogP contribution is 2.32. The molecule has 1 aliphatic carbocycles. The zero-order valence-electron chi connectivity index (χ0n) is 9.38. The number of hydrogen-bond acceptors (Lipinski definition) is 1. The van der Waals surface area contributed by atoms with Crippen molar-refractivity contribution < 1.29 is 4.74 Å². The van der Waals surface area contributed by atoms with Gasteiger partial charge in [-0.3, -0.25) is 0 Å². The molecule has 3 heteroatoms. The molecule has 1 nitrogen and oxygen atoms in total. The van der Waals surface area contributed by atoms with Crippen LogP contribution < -0.4 is 4.74 Å². The van der Waals surface area contributed by atoms with E-state index in [1.165, 1.54) is 19.3 Å². The van der Waals surface area contributed by atoms with Crippen LogP contribution in [0.1, 0.15) is 26.2 Å². The molecule has 1 aromatic carbocycles. The van der Waals surface area contributed by atoms with Gasteiger partial charge in [-0.1, -0.05) is 43.0 Å². The molecule has 0 amide bonds. The highest BCUT2D eigenvalue weighted by atomic mass is 35.5. The zero-order chi connectivity index (χ0) is 11.5. The summed E-state index contributed by atoms with van der Waals surface area (Å²) in [5.74, 6) is 2.23. The van der Waals surface area contributed by atoms with Crippen molar-refractivity contribution in [1.29, 1.82) is 0 Å². The van der Waals surface area contributed by atoms with E-state index in [2.05, 4.69) is 6.92 Å². The predicted molar refractivity (Wildman–Crippen MR) is 68.5 cm³/mol. The fraction of sp³-hybridized carbons (Fsp3) is 0.538. The third-order valence-corrected chi connectivity index (χ3v) is 3.78. The third-order valence-electron chi connectivity index (χ3n) is 3.34. The van der Waals surface area contributed by atoms with Gasteiger partial charge < -0.3 is 4.74 Å². The topological polar surface area (TPSA) is 9.23 Å². The van der Waals surface area contributed by atoms with Crippen molar-refractivity contribution in [2.24, 2.45) is 11.8 Å². The monoisotopic (exact) mass is 258 g/mol. The first-order valence-corrected chi connectivity index (χ1v) is 6.49. The second kappa shape index (κ2) is 5.29.